The Hall–Kier alpha value is -0.940. The fourth-order valence-corrected chi connectivity index (χ4v) is 1.56. The van der Waals surface area contributed by atoms with E-state index in [9.17, 15) is 9.18 Å². The van der Waals surface area contributed by atoms with Crippen LogP contribution in [-0.2, 0) is 9.53 Å². The van der Waals surface area contributed by atoms with Gasteiger partial charge in [0.2, 0.25) is 0 Å². The third-order valence-corrected chi connectivity index (χ3v) is 2.61. The molecule has 0 amide bonds. The maximum absolute atomic E-state index is 13.5. The predicted octanol–water partition coefficient (Wildman–Crippen LogP) is 2.15. The van der Waals surface area contributed by atoms with E-state index < -0.39 is 17.8 Å². The minimum atomic E-state index is -0.685. The lowest BCUT2D eigenvalue weighted by Crippen LogP contribution is -2.17. The minimum absolute atomic E-state index is 0.0378. The van der Waals surface area contributed by atoms with Crippen molar-refractivity contribution in [2.75, 3.05) is 7.11 Å². The number of hydrogen-bond donors (Lipinski definition) is 1. The molecule has 0 aliphatic heterocycles. The smallest absolute Gasteiger partial charge is 0.307 e. The zero-order valence-corrected chi connectivity index (χ0v) is 9.75. The zero-order chi connectivity index (χ0) is 11.4. The van der Waals surface area contributed by atoms with Gasteiger partial charge in [-0.05, 0) is 22.0 Å². The zero-order valence-electron chi connectivity index (χ0n) is 8.17. The highest BCUT2D eigenvalue weighted by Gasteiger charge is 2.16. The molecule has 0 saturated heterocycles. The van der Waals surface area contributed by atoms with Crippen LogP contribution in [0.3, 0.4) is 0 Å². The molecule has 0 bridgehead atoms. The fourth-order valence-electron chi connectivity index (χ4n) is 1.18. The van der Waals surface area contributed by atoms with E-state index in [0.717, 1.165) is 0 Å². The van der Waals surface area contributed by atoms with Gasteiger partial charge in [0.15, 0.2) is 0 Å². The van der Waals surface area contributed by atoms with Crippen LogP contribution in [0.1, 0.15) is 18.0 Å². The van der Waals surface area contributed by atoms with E-state index in [1.807, 2.05) is 0 Å². The molecule has 1 aromatic rings. The van der Waals surface area contributed by atoms with Crippen LogP contribution in [0.25, 0.3) is 0 Å². The summed E-state index contributed by atoms with van der Waals surface area (Å²) in [6.07, 6.45) is -0.0378. The molecule has 3 nitrogen and oxygen atoms in total. The molecule has 0 spiro atoms. The van der Waals surface area contributed by atoms with Gasteiger partial charge in [-0.1, -0.05) is 12.1 Å². The van der Waals surface area contributed by atoms with E-state index in [0.29, 0.717) is 10.0 Å². The minimum Gasteiger partial charge on any atom is -0.469 e. The van der Waals surface area contributed by atoms with Crippen LogP contribution in [-0.4, -0.2) is 13.1 Å². The quantitative estimate of drug-likeness (QED) is 0.860. The van der Waals surface area contributed by atoms with Gasteiger partial charge in [0, 0.05) is 11.6 Å². The first-order valence-corrected chi connectivity index (χ1v) is 5.12. The van der Waals surface area contributed by atoms with Crippen molar-refractivity contribution in [3.05, 3.63) is 34.1 Å². The predicted molar refractivity (Wildman–Crippen MR) is 57.7 cm³/mol. The average molecular weight is 276 g/mol. The first-order valence-electron chi connectivity index (χ1n) is 4.32. The number of benzene rings is 1. The van der Waals surface area contributed by atoms with Crippen molar-refractivity contribution in [3.63, 3.8) is 0 Å². The highest BCUT2D eigenvalue weighted by Crippen LogP contribution is 2.24. The SMILES string of the molecule is COC(=O)C[C@H](N)c1cccc(Br)c1F. The number of carbonyl (C=O) groups excluding carboxylic acids is 1. The molecule has 5 heteroatoms. The fraction of sp³-hybridized carbons (Fsp3) is 0.300. The number of methoxy groups -OCH3 is 1. The summed E-state index contributed by atoms with van der Waals surface area (Å²) < 4.78 is 18.3. The number of carbonyl (C=O) groups is 1. The Kier molecular flexibility index (Phi) is 4.23. The van der Waals surface area contributed by atoms with Crippen molar-refractivity contribution < 1.29 is 13.9 Å². The van der Waals surface area contributed by atoms with Gasteiger partial charge < -0.3 is 10.5 Å². The molecule has 0 fully saturated rings. The van der Waals surface area contributed by atoms with Gasteiger partial charge >= 0.3 is 5.97 Å². The molecule has 0 unspecified atom stereocenters. The topological polar surface area (TPSA) is 52.3 Å². The van der Waals surface area contributed by atoms with E-state index in [-0.39, 0.29) is 6.42 Å². The van der Waals surface area contributed by atoms with Gasteiger partial charge in [0.05, 0.1) is 18.0 Å². The highest BCUT2D eigenvalue weighted by molar-refractivity contribution is 9.10. The van der Waals surface area contributed by atoms with E-state index in [4.69, 9.17) is 5.73 Å². The van der Waals surface area contributed by atoms with Crippen LogP contribution in [0.4, 0.5) is 4.39 Å². The summed E-state index contributed by atoms with van der Waals surface area (Å²) in [6.45, 7) is 0. The largest absolute Gasteiger partial charge is 0.469 e. The van der Waals surface area contributed by atoms with Crippen LogP contribution < -0.4 is 5.73 Å². The molecule has 0 aromatic heterocycles. The lowest BCUT2D eigenvalue weighted by Gasteiger charge is -2.12. The number of nitrogens with two attached hydrogens (primary N) is 1. The van der Waals surface area contributed by atoms with Gasteiger partial charge in [0.25, 0.3) is 0 Å². The highest BCUT2D eigenvalue weighted by atomic mass is 79.9. The second-order valence-corrected chi connectivity index (χ2v) is 3.88. The summed E-state index contributed by atoms with van der Waals surface area (Å²) in [6, 6.07) is 4.10. The van der Waals surface area contributed by atoms with Crippen molar-refractivity contribution in [3.8, 4) is 0 Å². The van der Waals surface area contributed by atoms with Crippen molar-refractivity contribution >= 4 is 21.9 Å². The molecule has 2 N–H and O–H groups in total. The van der Waals surface area contributed by atoms with Crippen LogP contribution in [0.2, 0.25) is 0 Å². The van der Waals surface area contributed by atoms with Crippen LogP contribution in [0.5, 0.6) is 0 Å². The second kappa shape index (κ2) is 5.23. The van der Waals surface area contributed by atoms with E-state index in [1.165, 1.54) is 7.11 Å². The lowest BCUT2D eigenvalue weighted by atomic mass is 10.0. The van der Waals surface area contributed by atoms with Crippen molar-refractivity contribution in [2.24, 2.45) is 5.73 Å². The molecule has 1 atom stereocenters. The molecular weight excluding hydrogens is 265 g/mol. The van der Waals surface area contributed by atoms with E-state index in [1.54, 1.807) is 18.2 Å². The lowest BCUT2D eigenvalue weighted by molar-refractivity contribution is -0.141. The van der Waals surface area contributed by atoms with Gasteiger partial charge in [-0.15, -0.1) is 0 Å². The molecule has 0 saturated carbocycles. The molecule has 1 aromatic carbocycles. The van der Waals surface area contributed by atoms with Crippen LogP contribution in [0.15, 0.2) is 22.7 Å². The summed E-state index contributed by atoms with van der Waals surface area (Å²) in [5, 5.41) is 0. The second-order valence-electron chi connectivity index (χ2n) is 3.03. The van der Waals surface area contributed by atoms with Crippen molar-refractivity contribution in [1.82, 2.24) is 0 Å². The summed E-state index contributed by atoms with van der Waals surface area (Å²) in [5.41, 5.74) is 5.98. The van der Waals surface area contributed by atoms with Gasteiger partial charge in [-0.25, -0.2) is 4.39 Å². The van der Waals surface area contributed by atoms with Gasteiger partial charge in [-0.2, -0.15) is 0 Å². The molecule has 15 heavy (non-hydrogen) atoms. The Labute approximate surface area is 95.5 Å². The van der Waals surface area contributed by atoms with Crippen molar-refractivity contribution in [2.45, 2.75) is 12.5 Å². The van der Waals surface area contributed by atoms with E-state index in [2.05, 4.69) is 20.7 Å². The number of esters is 1. The monoisotopic (exact) mass is 275 g/mol. The summed E-state index contributed by atoms with van der Waals surface area (Å²) >= 11 is 3.05. The third-order valence-electron chi connectivity index (χ3n) is 2.00. The molecule has 0 aliphatic rings. The van der Waals surface area contributed by atoms with Crippen LogP contribution in [0, 0.1) is 5.82 Å². The Morgan fingerprint density at radius 2 is 2.33 bits per heavy atom. The maximum atomic E-state index is 13.5. The van der Waals surface area contributed by atoms with Gasteiger partial charge in [0.1, 0.15) is 5.82 Å². The molecular formula is C10H11BrFNO2. The first kappa shape index (κ1) is 12.1. The summed E-state index contributed by atoms with van der Waals surface area (Å²) in [5.74, 6) is -0.893. The Morgan fingerprint density at radius 3 is 2.93 bits per heavy atom. The first-order chi connectivity index (χ1) is 7.06. The number of rotatable bonds is 3. The van der Waals surface area contributed by atoms with Crippen LogP contribution >= 0.6 is 15.9 Å². The van der Waals surface area contributed by atoms with Crippen molar-refractivity contribution in [1.29, 1.82) is 0 Å². The normalized spacial score (nSPS) is 12.3. The molecule has 0 aliphatic carbocycles. The Bertz CT molecular complexity index is 370. The maximum Gasteiger partial charge on any atom is 0.307 e. The van der Waals surface area contributed by atoms with E-state index >= 15 is 0 Å². The molecule has 0 radical (unpaired) electrons. The number of ether oxygens (including phenoxy) is 1. The third kappa shape index (κ3) is 3.00. The molecule has 0 heterocycles. The Balaban J connectivity index is 2.86. The summed E-state index contributed by atoms with van der Waals surface area (Å²) in [7, 11) is 1.27. The molecule has 82 valence electrons. The summed E-state index contributed by atoms with van der Waals surface area (Å²) in [4.78, 5) is 11.0. The standard InChI is InChI=1S/C10H11BrFNO2/c1-15-9(14)5-8(13)6-3-2-4-7(11)10(6)12/h2-4,8H,5,13H2,1H3/t8-/m0/s1. The number of halogens is 2. The van der Waals surface area contributed by atoms with Gasteiger partial charge in [-0.3, -0.25) is 4.79 Å². The number of hydrogen-bond acceptors (Lipinski definition) is 3. The molecule has 1 rings (SSSR count). The average Bonchev–Trinajstić information content (AvgIpc) is 2.21. The Morgan fingerprint density at radius 1 is 1.67 bits per heavy atom.